The minimum atomic E-state index is -0.293. The molecule has 0 spiro atoms. The molecule has 2 unspecified atom stereocenters. The van der Waals surface area contributed by atoms with Gasteiger partial charge in [0, 0.05) is 11.9 Å². The maximum atomic E-state index is 12.7. The highest BCUT2D eigenvalue weighted by atomic mass is 35.5. The molecule has 2 nitrogen and oxygen atoms in total. The van der Waals surface area contributed by atoms with Gasteiger partial charge in [0.2, 0.25) is 5.91 Å². The molecule has 0 saturated heterocycles. The van der Waals surface area contributed by atoms with Gasteiger partial charge in [0.15, 0.2) is 0 Å². The number of halogens is 2. The van der Waals surface area contributed by atoms with Crippen LogP contribution in [-0.4, -0.2) is 17.8 Å². The average Bonchev–Trinajstić information content (AvgIpc) is 2.30. The van der Waals surface area contributed by atoms with E-state index in [1.807, 2.05) is 13.8 Å². The minimum absolute atomic E-state index is 0.0421. The van der Waals surface area contributed by atoms with Gasteiger partial charge in [-0.05, 0) is 30.5 Å². The van der Waals surface area contributed by atoms with Crippen LogP contribution in [0.15, 0.2) is 24.3 Å². The number of hydrogen-bond acceptors (Lipinski definition) is 1. The van der Waals surface area contributed by atoms with Crippen LogP contribution in [0.25, 0.3) is 0 Å². The first-order chi connectivity index (χ1) is 8.02. The molecule has 0 aliphatic rings. The Morgan fingerprint density at radius 3 is 2.47 bits per heavy atom. The number of nitrogens with one attached hydrogen (secondary N) is 1. The Kier molecular flexibility index (Phi) is 5.42. The number of benzene rings is 1. The molecule has 0 aromatic heterocycles. The van der Waals surface area contributed by atoms with Gasteiger partial charge in [0.1, 0.15) is 5.82 Å². The van der Waals surface area contributed by atoms with Crippen LogP contribution >= 0.6 is 11.6 Å². The van der Waals surface area contributed by atoms with Gasteiger partial charge in [-0.3, -0.25) is 4.79 Å². The van der Waals surface area contributed by atoms with E-state index < -0.39 is 0 Å². The Balaban J connectivity index is 2.47. The Labute approximate surface area is 106 Å². The first-order valence-electron chi connectivity index (χ1n) is 5.62. The molecule has 94 valence electrons. The van der Waals surface area contributed by atoms with Crippen molar-refractivity contribution in [2.45, 2.75) is 26.3 Å². The second-order valence-corrected chi connectivity index (χ2v) is 4.60. The lowest BCUT2D eigenvalue weighted by molar-refractivity contribution is -0.121. The fraction of sp³-hybridized carbons (Fsp3) is 0.462. The van der Waals surface area contributed by atoms with Crippen LogP contribution in [0.2, 0.25) is 0 Å². The van der Waals surface area contributed by atoms with E-state index in [4.69, 9.17) is 11.6 Å². The van der Waals surface area contributed by atoms with Gasteiger partial charge in [-0.1, -0.05) is 19.1 Å². The zero-order chi connectivity index (χ0) is 12.8. The van der Waals surface area contributed by atoms with Crippen molar-refractivity contribution in [3.8, 4) is 0 Å². The summed E-state index contributed by atoms with van der Waals surface area (Å²) in [7, 11) is 0. The van der Waals surface area contributed by atoms with Crippen molar-refractivity contribution in [2.75, 3.05) is 5.88 Å². The lowest BCUT2D eigenvalue weighted by Gasteiger charge is -2.19. The zero-order valence-electron chi connectivity index (χ0n) is 10.0. The predicted octanol–water partition coefficient (Wildman–Crippen LogP) is 2.75. The van der Waals surface area contributed by atoms with E-state index in [1.54, 1.807) is 12.1 Å². The van der Waals surface area contributed by atoms with Crippen LogP contribution in [0, 0.1) is 11.7 Å². The summed E-state index contributed by atoms with van der Waals surface area (Å²) < 4.78 is 12.7. The molecule has 0 aliphatic heterocycles. The van der Waals surface area contributed by atoms with Gasteiger partial charge in [-0.25, -0.2) is 4.39 Å². The lowest BCUT2D eigenvalue weighted by Crippen LogP contribution is -2.38. The number of carbonyl (C=O) groups is 1. The predicted molar refractivity (Wildman–Crippen MR) is 67.6 cm³/mol. The number of amides is 1. The van der Waals surface area contributed by atoms with E-state index in [-0.39, 0.29) is 30.1 Å². The fourth-order valence-corrected chi connectivity index (χ4v) is 1.64. The monoisotopic (exact) mass is 257 g/mol. The van der Waals surface area contributed by atoms with Crippen molar-refractivity contribution < 1.29 is 9.18 Å². The number of hydrogen-bond donors (Lipinski definition) is 1. The molecular formula is C13H17ClFNO. The molecule has 1 N–H and O–H groups in total. The van der Waals surface area contributed by atoms with Gasteiger partial charge in [-0.15, -0.1) is 11.6 Å². The normalized spacial score (nSPS) is 14.1. The largest absolute Gasteiger partial charge is 0.353 e. The molecule has 4 heteroatoms. The van der Waals surface area contributed by atoms with Gasteiger partial charge in [0.05, 0.1) is 6.42 Å². The molecule has 0 radical (unpaired) electrons. The Hall–Kier alpha value is -1.09. The van der Waals surface area contributed by atoms with Gasteiger partial charge >= 0.3 is 0 Å². The molecule has 0 saturated carbocycles. The Morgan fingerprint density at radius 2 is 1.94 bits per heavy atom. The smallest absolute Gasteiger partial charge is 0.224 e. The number of rotatable bonds is 5. The summed E-state index contributed by atoms with van der Waals surface area (Å²) in [4.78, 5) is 11.7. The van der Waals surface area contributed by atoms with E-state index in [0.717, 1.165) is 5.56 Å². The molecule has 1 amide bonds. The van der Waals surface area contributed by atoms with Crippen LogP contribution in [0.5, 0.6) is 0 Å². The molecule has 0 fully saturated rings. The SMILES string of the molecule is CC(CCl)C(C)NC(=O)Cc1ccc(F)cc1. The molecule has 1 aromatic rings. The Morgan fingerprint density at radius 1 is 1.35 bits per heavy atom. The van der Waals surface area contributed by atoms with Gasteiger partial charge in [-0.2, -0.15) is 0 Å². The van der Waals surface area contributed by atoms with Gasteiger partial charge in [0.25, 0.3) is 0 Å². The standard InChI is InChI=1S/C13H17ClFNO/c1-9(8-14)10(2)16-13(17)7-11-3-5-12(15)6-4-11/h3-6,9-10H,7-8H2,1-2H3,(H,16,17). The third-order valence-corrected chi connectivity index (χ3v) is 3.25. The second-order valence-electron chi connectivity index (χ2n) is 4.29. The highest BCUT2D eigenvalue weighted by Crippen LogP contribution is 2.06. The number of carbonyl (C=O) groups excluding carboxylic acids is 1. The third kappa shape index (κ3) is 4.73. The number of alkyl halides is 1. The summed E-state index contributed by atoms with van der Waals surface area (Å²) in [5, 5.41) is 2.88. The molecule has 0 bridgehead atoms. The highest BCUT2D eigenvalue weighted by Gasteiger charge is 2.13. The molecule has 1 aromatic carbocycles. The summed E-state index contributed by atoms with van der Waals surface area (Å²) in [5.41, 5.74) is 0.801. The molecule has 2 atom stereocenters. The second kappa shape index (κ2) is 6.60. The first-order valence-corrected chi connectivity index (χ1v) is 6.16. The van der Waals surface area contributed by atoms with E-state index >= 15 is 0 Å². The summed E-state index contributed by atoms with van der Waals surface area (Å²) in [5.74, 6) is 0.381. The van der Waals surface area contributed by atoms with E-state index in [9.17, 15) is 9.18 Å². The van der Waals surface area contributed by atoms with Crippen LogP contribution in [0.4, 0.5) is 4.39 Å². The molecule has 1 rings (SSSR count). The Bertz CT molecular complexity index is 366. The fourth-order valence-electron chi connectivity index (χ4n) is 1.37. The molecule has 17 heavy (non-hydrogen) atoms. The van der Waals surface area contributed by atoms with Crippen LogP contribution in [-0.2, 0) is 11.2 Å². The van der Waals surface area contributed by atoms with Crippen molar-refractivity contribution in [3.63, 3.8) is 0 Å². The van der Waals surface area contributed by atoms with Crippen molar-refractivity contribution in [2.24, 2.45) is 5.92 Å². The van der Waals surface area contributed by atoms with Crippen molar-refractivity contribution >= 4 is 17.5 Å². The highest BCUT2D eigenvalue weighted by molar-refractivity contribution is 6.18. The van der Waals surface area contributed by atoms with Gasteiger partial charge < -0.3 is 5.32 Å². The summed E-state index contributed by atoms with van der Waals surface area (Å²) in [6.45, 7) is 3.91. The van der Waals surface area contributed by atoms with Crippen LogP contribution < -0.4 is 5.32 Å². The quantitative estimate of drug-likeness (QED) is 0.808. The summed E-state index contributed by atoms with van der Waals surface area (Å²) in [6, 6.07) is 5.98. The molecule has 0 aliphatic carbocycles. The maximum absolute atomic E-state index is 12.7. The molecule has 0 heterocycles. The molecular weight excluding hydrogens is 241 g/mol. The van der Waals surface area contributed by atoms with Crippen LogP contribution in [0.3, 0.4) is 0 Å². The van der Waals surface area contributed by atoms with Crippen molar-refractivity contribution in [1.29, 1.82) is 0 Å². The average molecular weight is 258 g/mol. The van der Waals surface area contributed by atoms with Crippen molar-refractivity contribution in [1.82, 2.24) is 5.32 Å². The third-order valence-electron chi connectivity index (χ3n) is 2.76. The van der Waals surface area contributed by atoms with E-state index in [0.29, 0.717) is 5.88 Å². The van der Waals surface area contributed by atoms with Crippen LogP contribution in [0.1, 0.15) is 19.4 Å². The van der Waals surface area contributed by atoms with Crippen molar-refractivity contribution in [3.05, 3.63) is 35.6 Å². The lowest BCUT2D eigenvalue weighted by atomic mass is 10.1. The zero-order valence-corrected chi connectivity index (χ0v) is 10.8. The summed E-state index contributed by atoms with van der Waals surface area (Å²) in [6.07, 6.45) is 0.264. The minimum Gasteiger partial charge on any atom is -0.353 e. The maximum Gasteiger partial charge on any atom is 0.224 e. The topological polar surface area (TPSA) is 29.1 Å². The first kappa shape index (κ1) is 14.0. The summed E-state index contributed by atoms with van der Waals surface area (Å²) >= 11 is 5.71. The van der Waals surface area contributed by atoms with E-state index in [1.165, 1.54) is 12.1 Å². The van der Waals surface area contributed by atoms with E-state index in [2.05, 4.69) is 5.32 Å².